The number of rotatable bonds is 6. The molecule has 0 saturated carbocycles. The zero-order valence-electron chi connectivity index (χ0n) is 13.2. The lowest BCUT2D eigenvalue weighted by Gasteiger charge is -2.34. The van der Waals surface area contributed by atoms with Crippen LogP contribution < -0.4 is 0 Å². The third kappa shape index (κ3) is 4.57. The van der Waals surface area contributed by atoms with E-state index < -0.39 is 6.10 Å². The number of aliphatic hydroxyl groups is 1. The predicted octanol–water partition coefficient (Wildman–Crippen LogP) is 3.22. The van der Waals surface area contributed by atoms with Crippen LogP contribution in [0.15, 0.2) is 30.3 Å². The van der Waals surface area contributed by atoms with Crippen molar-refractivity contribution >= 4 is 5.91 Å². The molecular weight excluding hydrogens is 262 g/mol. The number of nitrogens with zero attached hydrogens (tertiary/aromatic N) is 1. The van der Waals surface area contributed by atoms with Crippen LogP contribution in [0.4, 0.5) is 0 Å². The van der Waals surface area contributed by atoms with Crippen LogP contribution in [-0.2, 0) is 11.3 Å². The van der Waals surface area contributed by atoms with Crippen molar-refractivity contribution < 1.29 is 9.90 Å². The van der Waals surface area contributed by atoms with E-state index in [-0.39, 0.29) is 11.8 Å². The standard InChI is InChI=1S/C18H27NO2/c1-14(2)10-11-17(20)16-9-6-12-19(18(16)21)13-15-7-4-3-5-8-15/h3-5,7-8,14,16-17,20H,6,9-13H2,1-2H3. The van der Waals surface area contributed by atoms with Gasteiger partial charge in [-0.05, 0) is 37.2 Å². The van der Waals surface area contributed by atoms with Crippen LogP contribution in [0.3, 0.4) is 0 Å². The third-order valence-corrected chi connectivity index (χ3v) is 4.29. The lowest BCUT2D eigenvalue weighted by molar-refractivity contribution is -0.143. The minimum atomic E-state index is -0.488. The van der Waals surface area contributed by atoms with Crippen molar-refractivity contribution in [1.82, 2.24) is 4.90 Å². The van der Waals surface area contributed by atoms with Gasteiger partial charge in [0, 0.05) is 13.1 Å². The summed E-state index contributed by atoms with van der Waals surface area (Å²) in [5.74, 6) is 0.487. The fourth-order valence-electron chi connectivity index (χ4n) is 2.99. The molecule has 116 valence electrons. The molecule has 1 aromatic rings. The van der Waals surface area contributed by atoms with Gasteiger partial charge in [-0.1, -0.05) is 44.2 Å². The molecule has 0 aliphatic carbocycles. The average Bonchev–Trinajstić information content (AvgIpc) is 2.48. The van der Waals surface area contributed by atoms with Gasteiger partial charge < -0.3 is 10.0 Å². The number of benzene rings is 1. The van der Waals surface area contributed by atoms with E-state index in [9.17, 15) is 9.90 Å². The second-order valence-corrected chi connectivity index (χ2v) is 6.53. The van der Waals surface area contributed by atoms with Crippen molar-refractivity contribution in [3.05, 3.63) is 35.9 Å². The summed E-state index contributed by atoms with van der Waals surface area (Å²) in [6.45, 7) is 5.77. The molecule has 3 heteroatoms. The molecule has 2 rings (SSSR count). The number of likely N-dealkylation sites (tertiary alicyclic amines) is 1. The molecule has 1 aromatic carbocycles. The quantitative estimate of drug-likeness (QED) is 0.873. The molecule has 0 spiro atoms. The minimum absolute atomic E-state index is 0.126. The number of hydrogen-bond donors (Lipinski definition) is 1. The van der Waals surface area contributed by atoms with Crippen molar-refractivity contribution in [2.24, 2.45) is 11.8 Å². The van der Waals surface area contributed by atoms with Gasteiger partial charge in [0.1, 0.15) is 0 Å². The zero-order valence-corrected chi connectivity index (χ0v) is 13.2. The molecule has 1 N–H and O–H groups in total. The van der Waals surface area contributed by atoms with Gasteiger partial charge in [-0.2, -0.15) is 0 Å². The van der Waals surface area contributed by atoms with E-state index in [1.807, 2.05) is 35.2 Å². The van der Waals surface area contributed by atoms with Gasteiger partial charge in [0.25, 0.3) is 0 Å². The second-order valence-electron chi connectivity index (χ2n) is 6.53. The molecule has 2 atom stereocenters. The maximum absolute atomic E-state index is 12.6. The normalized spacial score (nSPS) is 20.9. The van der Waals surface area contributed by atoms with Gasteiger partial charge in [-0.25, -0.2) is 0 Å². The summed E-state index contributed by atoms with van der Waals surface area (Å²) >= 11 is 0. The first kappa shape index (κ1) is 16.0. The molecule has 1 heterocycles. The fourth-order valence-corrected chi connectivity index (χ4v) is 2.99. The highest BCUT2D eigenvalue weighted by Crippen LogP contribution is 2.25. The topological polar surface area (TPSA) is 40.5 Å². The van der Waals surface area contributed by atoms with Gasteiger partial charge in [0.15, 0.2) is 0 Å². The number of aliphatic hydroxyl groups excluding tert-OH is 1. The van der Waals surface area contributed by atoms with E-state index in [0.717, 1.165) is 37.8 Å². The maximum atomic E-state index is 12.6. The maximum Gasteiger partial charge on any atom is 0.228 e. The molecule has 0 radical (unpaired) electrons. The Morgan fingerprint density at radius 3 is 2.62 bits per heavy atom. The molecule has 21 heavy (non-hydrogen) atoms. The second kappa shape index (κ2) is 7.60. The van der Waals surface area contributed by atoms with Crippen molar-refractivity contribution in [2.45, 2.75) is 52.2 Å². The smallest absolute Gasteiger partial charge is 0.228 e. The lowest BCUT2D eigenvalue weighted by atomic mass is 9.88. The Hall–Kier alpha value is -1.35. The highest BCUT2D eigenvalue weighted by Gasteiger charge is 2.33. The molecule has 1 fully saturated rings. The number of piperidine rings is 1. The summed E-state index contributed by atoms with van der Waals surface area (Å²) in [6.07, 6.45) is 3.03. The molecule has 1 aliphatic heterocycles. The Morgan fingerprint density at radius 2 is 1.95 bits per heavy atom. The van der Waals surface area contributed by atoms with Crippen molar-refractivity contribution in [3.8, 4) is 0 Å². The first-order valence-electron chi connectivity index (χ1n) is 8.08. The van der Waals surface area contributed by atoms with Gasteiger partial charge in [-0.3, -0.25) is 4.79 Å². The summed E-state index contributed by atoms with van der Waals surface area (Å²) in [4.78, 5) is 14.5. The van der Waals surface area contributed by atoms with Gasteiger partial charge >= 0.3 is 0 Å². The molecule has 3 nitrogen and oxygen atoms in total. The van der Waals surface area contributed by atoms with Crippen LogP contribution in [0.1, 0.15) is 45.1 Å². The van der Waals surface area contributed by atoms with E-state index in [4.69, 9.17) is 0 Å². The first-order valence-corrected chi connectivity index (χ1v) is 8.08. The Labute approximate surface area is 128 Å². The molecule has 1 saturated heterocycles. The minimum Gasteiger partial charge on any atom is -0.392 e. The van der Waals surface area contributed by atoms with Crippen LogP contribution in [0.5, 0.6) is 0 Å². The third-order valence-electron chi connectivity index (χ3n) is 4.29. The van der Waals surface area contributed by atoms with Crippen molar-refractivity contribution in [3.63, 3.8) is 0 Å². The van der Waals surface area contributed by atoms with E-state index >= 15 is 0 Å². The summed E-state index contributed by atoms with van der Waals surface area (Å²) < 4.78 is 0. The van der Waals surface area contributed by atoms with Crippen molar-refractivity contribution in [2.75, 3.05) is 6.54 Å². The highest BCUT2D eigenvalue weighted by molar-refractivity contribution is 5.80. The molecular formula is C18H27NO2. The van der Waals surface area contributed by atoms with Crippen molar-refractivity contribution in [1.29, 1.82) is 0 Å². The lowest BCUT2D eigenvalue weighted by Crippen LogP contribution is -2.45. The number of hydrogen-bond acceptors (Lipinski definition) is 2. The molecule has 1 aliphatic rings. The summed E-state index contributed by atoms with van der Waals surface area (Å²) in [7, 11) is 0. The van der Waals surface area contributed by atoms with Gasteiger partial charge in [0.2, 0.25) is 5.91 Å². The summed E-state index contributed by atoms with van der Waals surface area (Å²) in [5, 5.41) is 10.3. The summed E-state index contributed by atoms with van der Waals surface area (Å²) in [5.41, 5.74) is 1.16. The first-order chi connectivity index (χ1) is 10.1. The van der Waals surface area contributed by atoms with Gasteiger partial charge in [-0.15, -0.1) is 0 Å². The number of carbonyl (C=O) groups is 1. The number of carbonyl (C=O) groups excluding carboxylic acids is 1. The Kier molecular flexibility index (Phi) is 5.80. The SMILES string of the molecule is CC(C)CCC(O)C1CCCN(Cc2ccccc2)C1=O. The van der Waals surface area contributed by atoms with Crippen LogP contribution in [0.25, 0.3) is 0 Å². The average molecular weight is 289 g/mol. The highest BCUT2D eigenvalue weighted by atomic mass is 16.3. The van der Waals surface area contributed by atoms with Crippen LogP contribution >= 0.6 is 0 Å². The van der Waals surface area contributed by atoms with Gasteiger partial charge in [0.05, 0.1) is 12.0 Å². The largest absolute Gasteiger partial charge is 0.392 e. The Balaban J connectivity index is 1.94. The number of amides is 1. The predicted molar refractivity (Wildman–Crippen MR) is 84.7 cm³/mol. The fraction of sp³-hybridized carbons (Fsp3) is 0.611. The molecule has 0 aromatic heterocycles. The Bertz CT molecular complexity index is 444. The monoisotopic (exact) mass is 289 g/mol. The van der Waals surface area contributed by atoms with E-state index in [1.165, 1.54) is 0 Å². The molecule has 2 unspecified atom stereocenters. The van der Waals surface area contributed by atoms with E-state index in [0.29, 0.717) is 12.5 Å². The van der Waals surface area contributed by atoms with E-state index in [2.05, 4.69) is 13.8 Å². The molecule has 1 amide bonds. The van der Waals surface area contributed by atoms with Crippen LogP contribution in [0, 0.1) is 11.8 Å². The Morgan fingerprint density at radius 1 is 1.24 bits per heavy atom. The van der Waals surface area contributed by atoms with E-state index in [1.54, 1.807) is 0 Å². The zero-order chi connectivity index (χ0) is 15.2. The summed E-state index contributed by atoms with van der Waals surface area (Å²) in [6, 6.07) is 10.1. The van der Waals surface area contributed by atoms with Crippen LogP contribution in [0.2, 0.25) is 0 Å². The van der Waals surface area contributed by atoms with Crippen LogP contribution in [-0.4, -0.2) is 28.6 Å². The molecule has 0 bridgehead atoms.